The highest BCUT2D eigenvalue weighted by molar-refractivity contribution is 6.06. The van der Waals surface area contributed by atoms with Gasteiger partial charge in [-0.1, -0.05) is 90.9 Å². The van der Waals surface area contributed by atoms with Crippen molar-refractivity contribution < 1.29 is 14.6 Å². The highest BCUT2D eigenvalue weighted by atomic mass is 16.3. The third kappa shape index (κ3) is 7.42. The van der Waals surface area contributed by atoms with Crippen molar-refractivity contribution in [2.75, 3.05) is 0 Å². The summed E-state index contributed by atoms with van der Waals surface area (Å²) in [4.78, 5) is 0. The Morgan fingerprint density at radius 2 is 0.879 bits per heavy atom. The number of furan rings is 1. The zero-order valence-corrected chi connectivity index (χ0v) is 20.9. The molecule has 0 saturated heterocycles. The van der Waals surface area contributed by atoms with Gasteiger partial charge in [-0.3, -0.25) is 0 Å². The summed E-state index contributed by atoms with van der Waals surface area (Å²) in [5.74, 6) is 0.639. The Morgan fingerprint density at radius 3 is 1.27 bits per heavy atom. The number of rotatable bonds is 16. The first-order chi connectivity index (χ1) is 16.1. The van der Waals surface area contributed by atoms with Gasteiger partial charge in [0.25, 0.3) is 0 Å². The lowest BCUT2D eigenvalue weighted by molar-refractivity contribution is 0.465. The van der Waals surface area contributed by atoms with Crippen LogP contribution in [0.25, 0.3) is 21.9 Å². The summed E-state index contributed by atoms with van der Waals surface area (Å²) < 4.78 is 5.97. The molecule has 3 rings (SSSR count). The molecule has 0 spiro atoms. The highest BCUT2D eigenvalue weighted by Gasteiger charge is 2.14. The molecule has 2 N–H and O–H groups in total. The van der Waals surface area contributed by atoms with E-state index in [4.69, 9.17) is 4.42 Å². The number of hydrogen-bond acceptors (Lipinski definition) is 3. The molecule has 3 heteroatoms. The van der Waals surface area contributed by atoms with Gasteiger partial charge in [0.15, 0.2) is 0 Å². The van der Waals surface area contributed by atoms with E-state index in [9.17, 15) is 10.2 Å². The Hall–Kier alpha value is -2.16. The first-order valence-corrected chi connectivity index (χ1v) is 13.5. The summed E-state index contributed by atoms with van der Waals surface area (Å²) in [5.41, 5.74) is 3.39. The lowest BCUT2D eigenvalue weighted by Gasteiger charge is -2.06. The van der Waals surface area contributed by atoms with E-state index in [1.165, 1.54) is 77.0 Å². The molecule has 0 aliphatic heterocycles. The summed E-state index contributed by atoms with van der Waals surface area (Å²) >= 11 is 0. The molecular formula is C30H44O3. The molecule has 3 aromatic rings. The van der Waals surface area contributed by atoms with Crippen LogP contribution in [0.1, 0.15) is 115 Å². The van der Waals surface area contributed by atoms with Gasteiger partial charge in [0, 0.05) is 22.9 Å². The van der Waals surface area contributed by atoms with Gasteiger partial charge in [-0.15, -0.1) is 0 Å². The second-order valence-electron chi connectivity index (χ2n) is 9.80. The monoisotopic (exact) mass is 452 g/mol. The first kappa shape index (κ1) is 25.5. The number of fused-ring (bicyclic) bond motifs is 3. The van der Waals surface area contributed by atoms with Crippen molar-refractivity contribution >= 4 is 21.9 Å². The minimum atomic E-state index is 0.319. The van der Waals surface area contributed by atoms with Crippen LogP contribution in [-0.2, 0) is 12.8 Å². The number of phenolic OH excluding ortho intramolecular Hbond substituents is 2. The zero-order chi connectivity index (χ0) is 23.5. The van der Waals surface area contributed by atoms with Gasteiger partial charge < -0.3 is 14.6 Å². The Morgan fingerprint density at radius 1 is 0.515 bits per heavy atom. The second kappa shape index (κ2) is 13.5. The number of aryl methyl sites for hydroxylation is 2. The molecule has 0 unspecified atom stereocenters. The standard InChI is InChI=1S/C30H44O3/c1-3-5-7-9-11-13-15-17-23-19-25-26-20-24(18-16-14-12-10-8-6-4-2)28(32)22-30(26)33-29(25)21-27(23)31/h19-22,31-32H,3-18H2,1-2H3. The maximum atomic E-state index is 10.5. The minimum absolute atomic E-state index is 0.319. The Bertz CT molecular complexity index is 907. The predicted molar refractivity (Wildman–Crippen MR) is 140 cm³/mol. The minimum Gasteiger partial charge on any atom is -0.508 e. The van der Waals surface area contributed by atoms with Crippen LogP contribution in [0.3, 0.4) is 0 Å². The molecule has 0 saturated carbocycles. The molecule has 0 atom stereocenters. The number of unbranched alkanes of at least 4 members (excludes halogenated alkanes) is 12. The number of hydrogen-bond donors (Lipinski definition) is 2. The van der Waals surface area contributed by atoms with Crippen LogP contribution in [0.4, 0.5) is 0 Å². The van der Waals surface area contributed by atoms with E-state index in [0.717, 1.165) is 47.6 Å². The van der Waals surface area contributed by atoms with E-state index in [2.05, 4.69) is 26.0 Å². The molecule has 1 heterocycles. The van der Waals surface area contributed by atoms with E-state index in [0.29, 0.717) is 22.7 Å². The van der Waals surface area contributed by atoms with Crippen LogP contribution in [0.15, 0.2) is 28.7 Å². The molecule has 0 aliphatic carbocycles. The van der Waals surface area contributed by atoms with Gasteiger partial charge in [0.1, 0.15) is 22.7 Å². The van der Waals surface area contributed by atoms with E-state index >= 15 is 0 Å². The Kier molecular flexibility index (Phi) is 10.4. The summed E-state index contributed by atoms with van der Waals surface area (Å²) in [7, 11) is 0. The Labute approximate surface area is 200 Å². The van der Waals surface area contributed by atoms with E-state index in [1.807, 2.05) is 0 Å². The molecule has 0 radical (unpaired) electrons. The van der Waals surface area contributed by atoms with Crippen molar-refractivity contribution in [1.82, 2.24) is 0 Å². The number of phenols is 2. The largest absolute Gasteiger partial charge is 0.508 e. The molecule has 0 amide bonds. The van der Waals surface area contributed by atoms with Crippen LogP contribution in [0.2, 0.25) is 0 Å². The van der Waals surface area contributed by atoms with Gasteiger partial charge in [-0.2, -0.15) is 0 Å². The van der Waals surface area contributed by atoms with Crippen LogP contribution in [0, 0.1) is 0 Å². The third-order valence-electron chi connectivity index (χ3n) is 6.97. The van der Waals surface area contributed by atoms with Gasteiger partial charge in [-0.05, 0) is 48.9 Å². The van der Waals surface area contributed by atoms with Crippen molar-refractivity contribution in [1.29, 1.82) is 0 Å². The van der Waals surface area contributed by atoms with E-state index in [1.54, 1.807) is 12.1 Å². The number of benzene rings is 2. The molecule has 3 nitrogen and oxygen atoms in total. The van der Waals surface area contributed by atoms with Crippen LogP contribution in [-0.4, -0.2) is 10.2 Å². The molecule has 33 heavy (non-hydrogen) atoms. The van der Waals surface area contributed by atoms with Crippen molar-refractivity contribution in [3.05, 3.63) is 35.4 Å². The summed E-state index contributed by atoms with van der Waals surface area (Å²) in [6, 6.07) is 7.70. The molecule has 0 fully saturated rings. The molecular weight excluding hydrogens is 408 g/mol. The molecule has 2 aromatic carbocycles. The fraction of sp³-hybridized carbons (Fsp3) is 0.600. The topological polar surface area (TPSA) is 53.6 Å². The van der Waals surface area contributed by atoms with Gasteiger partial charge >= 0.3 is 0 Å². The van der Waals surface area contributed by atoms with Gasteiger partial charge in [0.05, 0.1) is 0 Å². The zero-order valence-electron chi connectivity index (χ0n) is 20.9. The first-order valence-electron chi connectivity index (χ1n) is 13.5. The van der Waals surface area contributed by atoms with E-state index < -0.39 is 0 Å². The average molecular weight is 453 g/mol. The normalized spacial score (nSPS) is 11.7. The van der Waals surface area contributed by atoms with Gasteiger partial charge in [0.2, 0.25) is 0 Å². The molecule has 0 bridgehead atoms. The predicted octanol–water partition coefficient (Wildman–Crippen LogP) is 9.58. The van der Waals surface area contributed by atoms with Gasteiger partial charge in [-0.25, -0.2) is 0 Å². The maximum Gasteiger partial charge on any atom is 0.139 e. The SMILES string of the molecule is CCCCCCCCCc1cc2c(cc1O)oc1cc(O)c(CCCCCCCCC)cc12. The van der Waals surface area contributed by atoms with E-state index in [-0.39, 0.29) is 0 Å². The summed E-state index contributed by atoms with van der Waals surface area (Å²) in [5, 5.41) is 23.1. The van der Waals surface area contributed by atoms with Crippen LogP contribution >= 0.6 is 0 Å². The smallest absolute Gasteiger partial charge is 0.139 e. The molecule has 182 valence electrons. The summed E-state index contributed by atoms with van der Waals surface area (Å²) in [6.45, 7) is 4.50. The van der Waals surface area contributed by atoms with Crippen LogP contribution in [0.5, 0.6) is 11.5 Å². The highest BCUT2D eigenvalue weighted by Crippen LogP contribution is 2.37. The number of aromatic hydroxyl groups is 2. The second-order valence-corrected chi connectivity index (χ2v) is 9.80. The molecule has 0 aliphatic rings. The average Bonchev–Trinajstić information content (AvgIpc) is 3.13. The van der Waals surface area contributed by atoms with Crippen molar-refractivity contribution in [3.8, 4) is 11.5 Å². The van der Waals surface area contributed by atoms with Crippen molar-refractivity contribution in [3.63, 3.8) is 0 Å². The fourth-order valence-electron chi connectivity index (χ4n) is 4.88. The van der Waals surface area contributed by atoms with Crippen molar-refractivity contribution in [2.45, 2.75) is 117 Å². The Balaban J connectivity index is 1.63. The maximum absolute atomic E-state index is 10.5. The summed E-state index contributed by atoms with van der Waals surface area (Å²) in [6.07, 6.45) is 19.5. The lowest BCUT2D eigenvalue weighted by atomic mass is 9.99. The third-order valence-corrected chi connectivity index (χ3v) is 6.97. The quantitative estimate of drug-likeness (QED) is 0.213. The lowest BCUT2D eigenvalue weighted by Crippen LogP contribution is -1.89. The fourth-order valence-corrected chi connectivity index (χ4v) is 4.88. The van der Waals surface area contributed by atoms with Crippen molar-refractivity contribution in [2.24, 2.45) is 0 Å². The van der Waals surface area contributed by atoms with Crippen LogP contribution < -0.4 is 0 Å². The molecule has 1 aromatic heterocycles.